The molecule has 13 heteroatoms. The number of nitrogens with one attached hydrogen (secondary N) is 2. The third-order valence-electron chi connectivity index (χ3n) is 6.89. The molecule has 0 saturated carbocycles. The molecule has 1 atom stereocenters. The SMILES string of the molecule is CC#CCn1c(N2CCC[C@H](NC(=O)OC(C)(C)C)C2)nc2c1c(=O)n(CC(=O)c1ccccc1NC(C)=O)c(=O)n2C. The number of ketones is 1. The molecule has 2 aromatic heterocycles. The van der Waals surface area contributed by atoms with Crippen LogP contribution in [0.5, 0.6) is 0 Å². The first-order valence-corrected chi connectivity index (χ1v) is 14.0. The number of carbonyl (C=O) groups excluding carboxylic acids is 3. The number of rotatable bonds is 7. The van der Waals surface area contributed by atoms with E-state index in [4.69, 9.17) is 9.72 Å². The van der Waals surface area contributed by atoms with Gasteiger partial charge in [0.05, 0.1) is 18.8 Å². The van der Waals surface area contributed by atoms with Crippen LogP contribution in [0.3, 0.4) is 0 Å². The van der Waals surface area contributed by atoms with E-state index in [-0.39, 0.29) is 40.9 Å². The van der Waals surface area contributed by atoms with Crippen molar-refractivity contribution in [2.24, 2.45) is 7.05 Å². The maximum atomic E-state index is 13.9. The Hall–Kier alpha value is -4.86. The number of amides is 2. The van der Waals surface area contributed by atoms with E-state index in [2.05, 4.69) is 22.5 Å². The second-order valence-corrected chi connectivity index (χ2v) is 11.4. The van der Waals surface area contributed by atoms with Crippen LogP contribution in [0, 0.1) is 11.8 Å². The van der Waals surface area contributed by atoms with Gasteiger partial charge in [-0.15, -0.1) is 5.92 Å². The number of anilines is 2. The second-order valence-electron chi connectivity index (χ2n) is 11.4. The number of nitrogens with zero attached hydrogens (tertiary/aromatic N) is 5. The summed E-state index contributed by atoms with van der Waals surface area (Å²) in [7, 11) is 1.49. The molecule has 1 saturated heterocycles. The molecular weight excluding hydrogens is 554 g/mol. The average Bonchev–Trinajstić information content (AvgIpc) is 3.31. The minimum absolute atomic E-state index is 0.121. The zero-order chi connectivity index (χ0) is 31.5. The van der Waals surface area contributed by atoms with E-state index in [1.54, 1.807) is 50.5 Å². The Kier molecular flexibility index (Phi) is 9.08. The molecule has 228 valence electrons. The van der Waals surface area contributed by atoms with E-state index in [0.29, 0.717) is 19.0 Å². The number of benzene rings is 1. The van der Waals surface area contributed by atoms with Gasteiger partial charge in [0, 0.05) is 38.7 Å². The van der Waals surface area contributed by atoms with E-state index in [1.807, 2.05) is 4.90 Å². The Labute approximate surface area is 248 Å². The van der Waals surface area contributed by atoms with Crippen LogP contribution in [-0.4, -0.2) is 61.2 Å². The van der Waals surface area contributed by atoms with Crippen LogP contribution >= 0.6 is 0 Å². The van der Waals surface area contributed by atoms with Crippen molar-refractivity contribution in [2.75, 3.05) is 23.3 Å². The summed E-state index contributed by atoms with van der Waals surface area (Å²) in [6.45, 7) is 8.99. The molecule has 2 N–H and O–H groups in total. The largest absolute Gasteiger partial charge is 0.444 e. The van der Waals surface area contributed by atoms with Gasteiger partial charge in [0.1, 0.15) is 5.60 Å². The van der Waals surface area contributed by atoms with Crippen molar-refractivity contribution in [2.45, 2.75) is 72.2 Å². The number of imidazole rings is 1. The van der Waals surface area contributed by atoms with E-state index in [0.717, 1.165) is 17.4 Å². The molecule has 43 heavy (non-hydrogen) atoms. The fourth-order valence-electron chi connectivity index (χ4n) is 5.05. The Morgan fingerprint density at radius 3 is 2.53 bits per heavy atom. The molecule has 0 bridgehead atoms. The maximum absolute atomic E-state index is 13.9. The van der Waals surface area contributed by atoms with Gasteiger partial charge in [0.2, 0.25) is 11.9 Å². The zero-order valence-corrected chi connectivity index (χ0v) is 25.3. The van der Waals surface area contributed by atoms with Crippen molar-refractivity contribution in [3.63, 3.8) is 0 Å². The van der Waals surface area contributed by atoms with Gasteiger partial charge < -0.3 is 20.3 Å². The van der Waals surface area contributed by atoms with Gasteiger partial charge in [-0.05, 0) is 52.7 Å². The molecule has 0 radical (unpaired) electrons. The van der Waals surface area contributed by atoms with Gasteiger partial charge in [0.25, 0.3) is 5.56 Å². The first-order valence-electron chi connectivity index (χ1n) is 14.0. The average molecular weight is 592 g/mol. The summed E-state index contributed by atoms with van der Waals surface area (Å²) in [5.74, 6) is 5.37. The molecule has 3 aromatic rings. The Morgan fingerprint density at radius 2 is 1.86 bits per heavy atom. The lowest BCUT2D eigenvalue weighted by Gasteiger charge is -2.34. The third-order valence-corrected chi connectivity index (χ3v) is 6.89. The smallest absolute Gasteiger partial charge is 0.407 e. The normalized spacial score (nSPS) is 15.0. The van der Waals surface area contributed by atoms with Crippen molar-refractivity contribution in [3.05, 3.63) is 50.7 Å². The van der Waals surface area contributed by atoms with Crippen LogP contribution in [0.2, 0.25) is 0 Å². The number of carbonyl (C=O) groups is 3. The molecule has 0 unspecified atom stereocenters. The number of alkyl carbamates (subject to hydrolysis) is 1. The van der Waals surface area contributed by atoms with Gasteiger partial charge in [-0.1, -0.05) is 18.1 Å². The number of fused-ring (bicyclic) bond motifs is 1. The van der Waals surface area contributed by atoms with Crippen molar-refractivity contribution in [3.8, 4) is 11.8 Å². The Bertz CT molecular complexity index is 1750. The van der Waals surface area contributed by atoms with Crippen LogP contribution < -0.4 is 26.8 Å². The lowest BCUT2D eigenvalue weighted by atomic mass is 10.1. The second kappa shape index (κ2) is 12.6. The number of hydrogen-bond acceptors (Lipinski definition) is 8. The van der Waals surface area contributed by atoms with E-state index in [1.165, 1.54) is 24.6 Å². The summed E-state index contributed by atoms with van der Waals surface area (Å²) in [4.78, 5) is 71.3. The Balaban J connectivity index is 1.74. The molecule has 2 amide bonds. The van der Waals surface area contributed by atoms with Crippen LogP contribution in [0.15, 0.2) is 33.9 Å². The highest BCUT2D eigenvalue weighted by Gasteiger charge is 2.29. The standard InChI is InChI=1S/C30H37N7O6/c1-7-8-16-36-24-25(33-27(36)35-15-11-12-20(17-35)32-28(41)43-30(3,4)5)34(6)29(42)37(26(24)40)18-23(39)21-13-9-10-14-22(21)31-19(2)38/h9-10,13-14,20H,11-12,15-18H2,1-6H3,(H,31,38)(H,32,41)/t20-/m0/s1. The molecule has 0 aliphatic carbocycles. The van der Waals surface area contributed by atoms with Gasteiger partial charge in [-0.2, -0.15) is 4.98 Å². The van der Waals surface area contributed by atoms with Crippen LogP contribution in [-0.2, 0) is 29.7 Å². The summed E-state index contributed by atoms with van der Waals surface area (Å²) < 4.78 is 9.18. The highest BCUT2D eigenvalue weighted by atomic mass is 16.6. The molecule has 0 spiro atoms. The van der Waals surface area contributed by atoms with Crippen molar-refractivity contribution in [1.29, 1.82) is 0 Å². The van der Waals surface area contributed by atoms with Gasteiger partial charge in [-0.3, -0.25) is 28.1 Å². The van der Waals surface area contributed by atoms with Crippen molar-refractivity contribution in [1.82, 2.24) is 24.0 Å². The quantitative estimate of drug-likeness (QED) is 0.314. The van der Waals surface area contributed by atoms with Crippen LogP contribution in [0.25, 0.3) is 11.2 Å². The summed E-state index contributed by atoms with van der Waals surface area (Å²) in [6, 6.07) is 6.18. The lowest BCUT2D eigenvalue weighted by molar-refractivity contribution is -0.114. The summed E-state index contributed by atoms with van der Waals surface area (Å²) in [6.07, 6.45) is 0.965. The zero-order valence-electron chi connectivity index (χ0n) is 25.3. The monoisotopic (exact) mass is 591 g/mol. The minimum Gasteiger partial charge on any atom is -0.444 e. The predicted molar refractivity (Wildman–Crippen MR) is 162 cm³/mol. The highest BCUT2D eigenvalue weighted by Crippen LogP contribution is 2.24. The van der Waals surface area contributed by atoms with Crippen molar-refractivity contribution >= 4 is 40.6 Å². The summed E-state index contributed by atoms with van der Waals surface area (Å²) in [5, 5.41) is 5.52. The third kappa shape index (κ3) is 6.97. The van der Waals surface area contributed by atoms with E-state index < -0.39 is 35.3 Å². The molecule has 1 fully saturated rings. The highest BCUT2D eigenvalue weighted by molar-refractivity contribution is 6.04. The number of piperidine rings is 1. The summed E-state index contributed by atoms with van der Waals surface area (Å²) in [5.41, 5.74) is -1.27. The maximum Gasteiger partial charge on any atom is 0.407 e. The van der Waals surface area contributed by atoms with Crippen LogP contribution in [0.4, 0.5) is 16.4 Å². The first-order chi connectivity index (χ1) is 20.3. The number of hydrogen-bond donors (Lipinski definition) is 2. The molecule has 13 nitrogen and oxygen atoms in total. The molecular formula is C30H37N7O6. The summed E-state index contributed by atoms with van der Waals surface area (Å²) >= 11 is 0. The number of Topliss-reactive ketones (excluding diaryl/α,β-unsaturated/α-hetero) is 1. The van der Waals surface area contributed by atoms with Crippen molar-refractivity contribution < 1.29 is 19.1 Å². The molecule has 3 heterocycles. The van der Waals surface area contributed by atoms with Crippen LogP contribution in [0.1, 0.15) is 57.8 Å². The molecule has 1 aliphatic rings. The fraction of sp³-hybridized carbons (Fsp3) is 0.467. The van der Waals surface area contributed by atoms with Gasteiger partial charge in [-0.25, -0.2) is 9.59 Å². The van der Waals surface area contributed by atoms with E-state index in [9.17, 15) is 24.0 Å². The number of aryl methyl sites for hydroxylation is 1. The number of ether oxygens (including phenoxy) is 1. The van der Waals surface area contributed by atoms with Gasteiger partial charge >= 0.3 is 11.8 Å². The first kappa shape index (κ1) is 31.1. The predicted octanol–water partition coefficient (Wildman–Crippen LogP) is 2.25. The van der Waals surface area contributed by atoms with E-state index >= 15 is 0 Å². The number of para-hydroxylation sites is 1. The lowest BCUT2D eigenvalue weighted by Crippen LogP contribution is -2.49. The topological polar surface area (TPSA) is 150 Å². The number of aromatic nitrogens is 4. The molecule has 4 rings (SSSR count). The molecule has 1 aromatic carbocycles. The molecule has 1 aliphatic heterocycles. The Morgan fingerprint density at radius 1 is 1.14 bits per heavy atom. The van der Waals surface area contributed by atoms with Gasteiger partial charge in [0.15, 0.2) is 16.9 Å². The fourth-order valence-corrected chi connectivity index (χ4v) is 5.05. The minimum atomic E-state index is -0.705.